The number of quaternary nitrogens is 1. The van der Waals surface area contributed by atoms with Crippen molar-refractivity contribution in [3.8, 4) is 0 Å². The largest absolute Gasteiger partial charge is 0.331 e. The van der Waals surface area contributed by atoms with E-state index >= 15 is 0 Å². The van der Waals surface area contributed by atoms with Gasteiger partial charge in [-0.1, -0.05) is 0 Å². The lowest BCUT2D eigenvalue weighted by Crippen LogP contribution is -3.14. The zero-order valence-corrected chi connectivity index (χ0v) is 17.9. The number of thiazole rings is 1. The van der Waals surface area contributed by atoms with Crippen molar-refractivity contribution in [3.05, 3.63) is 38.3 Å². The first-order valence-electron chi connectivity index (χ1n) is 9.37. The maximum atomic E-state index is 12.5. The summed E-state index contributed by atoms with van der Waals surface area (Å²) in [5, 5.41) is 7.48. The minimum absolute atomic E-state index is 0.160. The topological polar surface area (TPSA) is 72.8 Å². The Hall–Kier alpha value is -2.17. The van der Waals surface area contributed by atoms with E-state index < -0.39 is 0 Å². The molecule has 4 heterocycles. The van der Waals surface area contributed by atoms with Crippen molar-refractivity contribution in [2.45, 2.75) is 33.9 Å². The Labute approximate surface area is 172 Å². The van der Waals surface area contributed by atoms with Crippen LogP contribution in [0, 0.1) is 25.5 Å². The van der Waals surface area contributed by atoms with Crippen molar-refractivity contribution >= 4 is 35.2 Å². The van der Waals surface area contributed by atoms with E-state index in [0.717, 1.165) is 48.3 Å². The highest BCUT2D eigenvalue weighted by molar-refractivity contribution is 7.71. The minimum atomic E-state index is 0.160. The van der Waals surface area contributed by atoms with E-state index in [4.69, 9.17) is 12.2 Å². The van der Waals surface area contributed by atoms with Gasteiger partial charge in [0, 0.05) is 22.5 Å². The number of piperazine rings is 1. The van der Waals surface area contributed by atoms with Gasteiger partial charge in [-0.3, -0.25) is 9.20 Å². The van der Waals surface area contributed by atoms with Crippen LogP contribution in [-0.4, -0.2) is 61.1 Å². The van der Waals surface area contributed by atoms with Crippen LogP contribution in [-0.2, 0) is 17.9 Å². The Morgan fingerprint density at radius 1 is 1.21 bits per heavy atom. The van der Waals surface area contributed by atoms with Crippen LogP contribution in [0.1, 0.15) is 22.1 Å². The molecular weight excluding hydrogens is 394 g/mol. The second-order valence-electron chi connectivity index (χ2n) is 7.30. The van der Waals surface area contributed by atoms with Gasteiger partial charge in [-0.05, 0) is 39.1 Å². The summed E-state index contributed by atoms with van der Waals surface area (Å²) >= 11 is 7.16. The second-order valence-corrected chi connectivity index (χ2v) is 8.61. The smallest absolute Gasteiger partial charge is 0.254 e. The first-order chi connectivity index (χ1) is 13.4. The zero-order valence-electron chi connectivity index (χ0n) is 16.3. The Kier molecular flexibility index (Phi) is 5.26. The highest BCUT2D eigenvalue weighted by Gasteiger charge is 2.25. The molecule has 1 aliphatic heterocycles. The average Bonchev–Trinajstić information content (AvgIpc) is 3.18. The van der Waals surface area contributed by atoms with E-state index in [1.165, 1.54) is 4.90 Å². The van der Waals surface area contributed by atoms with Crippen LogP contribution in [0.2, 0.25) is 0 Å². The third kappa shape index (κ3) is 3.85. The molecule has 0 spiro atoms. The molecule has 8 nitrogen and oxygen atoms in total. The maximum Gasteiger partial charge on any atom is 0.254 e. The van der Waals surface area contributed by atoms with E-state index in [1.807, 2.05) is 46.2 Å². The molecule has 0 aromatic carbocycles. The lowest BCUT2D eigenvalue weighted by molar-refractivity contribution is -0.927. The fraction of sp³-hybridized carbons (Fsp3) is 0.500. The van der Waals surface area contributed by atoms with Gasteiger partial charge in [0.1, 0.15) is 5.01 Å². The van der Waals surface area contributed by atoms with Gasteiger partial charge in [0.05, 0.1) is 32.6 Å². The monoisotopic (exact) mass is 418 g/mol. The maximum absolute atomic E-state index is 12.5. The number of aryl methyl sites for hydroxylation is 3. The third-order valence-corrected chi connectivity index (χ3v) is 6.39. The lowest BCUT2D eigenvalue weighted by atomic mass is 10.3. The molecule has 0 aliphatic carbocycles. The van der Waals surface area contributed by atoms with Crippen molar-refractivity contribution in [3.63, 3.8) is 0 Å². The number of carbonyl (C=O) groups excluding carboxylic acids is 1. The van der Waals surface area contributed by atoms with Gasteiger partial charge in [0.25, 0.3) is 5.78 Å². The summed E-state index contributed by atoms with van der Waals surface area (Å²) < 4.78 is 4.44. The Morgan fingerprint density at radius 2 is 1.96 bits per heavy atom. The standard InChI is InChI=1S/C18H23N7OS2/c1-12-8-14(3)25-17(20-12)21-24(18(25)27)11-22-4-6-23(7-5-22)16(26)9-15-19-13(2)10-28-15/h8,10H,4-7,9,11H2,1-3H3/p+1. The van der Waals surface area contributed by atoms with Crippen molar-refractivity contribution in [2.24, 2.45) is 0 Å². The van der Waals surface area contributed by atoms with Gasteiger partial charge in [0.2, 0.25) is 10.7 Å². The third-order valence-electron chi connectivity index (χ3n) is 5.03. The van der Waals surface area contributed by atoms with Crippen LogP contribution in [0.4, 0.5) is 0 Å². The Morgan fingerprint density at radius 3 is 2.64 bits per heavy atom. The van der Waals surface area contributed by atoms with Gasteiger partial charge in [-0.25, -0.2) is 9.97 Å². The van der Waals surface area contributed by atoms with Gasteiger partial charge < -0.3 is 9.80 Å². The zero-order chi connectivity index (χ0) is 19.8. The number of fused-ring (bicyclic) bond motifs is 1. The number of aromatic nitrogens is 5. The van der Waals surface area contributed by atoms with Gasteiger partial charge in [0.15, 0.2) is 6.67 Å². The summed E-state index contributed by atoms with van der Waals surface area (Å²) in [6, 6.07) is 2.01. The molecule has 0 unspecified atom stereocenters. The van der Waals surface area contributed by atoms with E-state index in [2.05, 4.69) is 15.1 Å². The molecule has 1 fully saturated rings. The van der Waals surface area contributed by atoms with Crippen LogP contribution in [0.3, 0.4) is 0 Å². The predicted octanol–water partition coefficient (Wildman–Crippen LogP) is 0.569. The molecule has 1 saturated heterocycles. The number of amides is 1. The summed E-state index contributed by atoms with van der Waals surface area (Å²) in [4.78, 5) is 24.7. The van der Waals surface area contributed by atoms with Crippen LogP contribution < -0.4 is 4.90 Å². The predicted molar refractivity (Wildman–Crippen MR) is 109 cm³/mol. The van der Waals surface area contributed by atoms with Crippen LogP contribution >= 0.6 is 23.6 Å². The van der Waals surface area contributed by atoms with E-state index in [9.17, 15) is 4.79 Å². The SMILES string of the molecule is Cc1csc(CC(=O)N2CC[NH+](Cn3nc4nc(C)cc(C)n4c3=S)CC2)n1. The molecular formula is C18H24N7OS2+. The minimum Gasteiger partial charge on any atom is -0.331 e. The van der Waals surface area contributed by atoms with Crippen LogP contribution in [0.5, 0.6) is 0 Å². The molecule has 1 amide bonds. The number of carbonyl (C=O) groups is 1. The number of rotatable bonds is 4. The summed E-state index contributed by atoms with van der Waals surface area (Å²) in [7, 11) is 0. The summed E-state index contributed by atoms with van der Waals surface area (Å²) in [6.07, 6.45) is 0.398. The summed E-state index contributed by atoms with van der Waals surface area (Å²) in [5.41, 5.74) is 2.96. The van der Waals surface area contributed by atoms with Gasteiger partial charge in [-0.15, -0.1) is 16.4 Å². The molecule has 0 atom stereocenters. The molecule has 1 N–H and O–H groups in total. The molecule has 10 heteroatoms. The van der Waals surface area contributed by atoms with Crippen LogP contribution in [0.25, 0.3) is 5.78 Å². The number of nitrogens with one attached hydrogen (secondary N) is 1. The molecule has 4 rings (SSSR count). The Bertz CT molecular complexity index is 1080. The number of hydrogen-bond donors (Lipinski definition) is 1. The summed E-state index contributed by atoms with van der Waals surface area (Å²) in [6.45, 7) is 9.87. The van der Waals surface area contributed by atoms with Crippen molar-refractivity contribution in [1.29, 1.82) is 0 Å². The van der Waals surface area contributed by atoms with Gasteiger partial charge in [-0.2, -0.15) is 4.68 Å². The average molecular weight is 419 g/mol. The fourth-order valence-corrected chi connectivity index (χ4v) is 4.70. The highest BCUT2D eigenvalue weighted by Crippen LogP contribution is 2.11. The normalized spacial score (nSPS) is 15.5. The molecule has 1 aliphatic rings. The first kappa shape index (κ1) is 19.2. The number of hydrogen-bond acceptors (Lipinski definition) is 6. The quantitative estimate of drug-likeness (QED) is 0.627. The molecule has 148 valence electrons. The van der Waals surface area contributed by atoms with E-state index in [1.54, 1.807) is 11.3 Å². The molecule has 0 bridgehead atoms. The van der Waals surface area contributed by atoms with Crippen molar-refractivity contribution < 1.29 is 9.69 Å². The fourth-order valence-electron chi connectivity index (χ4n) is 3.60. The van der Waals surface area contributed by atoms with Crippen molar-refractivity contribution in [2.75, 3.05) is 26.2 Å². The van der Waals surface area contributed by atoms with E-state index in [0.29, 0.717) is 23.6 Å². The van der Waals surface area contributed by atoms with Crippen molar-refractivity contribution in [1.82, 2.24) is 29.0 Å². The number of nitrogens with zero attached hydrogens (tertiary/aromatic N) is 6. The molecule has 28 heavy (non-hydrogen) atoms. The molecule has 0 radical (unpaired) electrons. The van der Waals surface area contributed by atoms with E-state index in [-0.39, 0.29) is 5.91 Å². The van der Waals surface area contributed by atoms with Crippen LogP contribution in [0.15, 0.2) is 11.4 Å². The first-order valence-corrected chi connectivity index (χ1v) is 10.7. The highest BCUT2D eigenvalue weighted by atomic mass is 32.1. The Balaban J connectivity index is 1.39. The summed E-state index contributed by atoms with van der Waals surface area (Å²) in [5.74, 6) is 0.808. The lowest BCUT2D eigenvalue weighted by Gasteiger charge is -2.31. The molecule has 3 aromatic heterocycles. The molecule has 3 aromatic rings. The second kappa shape index (κ2) is 7.69. The molecule has 0 saturated carbocycles. The van der Waals surface area contributed by atoms with Gasteiger partial charge >= 0.3 is 0 Å².